The zero-order valence-corrected chi connectivity index (χ0v) is 11.8. The van der Waals surface area contributed by atoms with E-state index < -0.39 is 6.10 Å². The molecule has 0 spiro atoms. The molecular weight excluding hydrogens is 244 g/mol. The van der Waals surface area contributed by atoms with Crippen molar-refractivity contribution in [1.29, 1.82) is 0 Å². The smallest absolute Gasteiger partial charge is 0.203 e. The number of unbranched alkanes of at least 4 members (excludes halogenated alkanes) is 1. The van der Waals surface area contributed by atoms with Crippen LogP contribution in [0.5, 0.6) is 17.2 Å². The van der Waals surface area contributed by atoms with Crippen LogP contribution in [0.4, 0.5) is 0 Å². The van der Waals surface area contributed by atoms with E-state index in [1.54, 1.807) is 26.4 Å². The van der Waals surface area contributed by atoms with Crippen molar-refractivity contribution in [2.75, 3.05) is 20.8 Å². The van der Waals surface area contributed by atoms with Crippen molar-refractivity contribution in [3.8, 4) is 17.2 Å². The first-order chi connectivity index (χ1) is 9.17. The molecule has 0 aliphatic carbocycles. The zero-order chi connectivity index (χ0) is 14.3. The van der Waals surface area contributed by atoms with Crippen LogP contribution < -0.4 is 14.2 Å². The molecule has 1 atom stereocenters. The standard InChI is InChI=1S/C15H22O4/c1-5-7-8-19-15-13(17-3)9-11(12(16)6-2)10-14(15)18-4/h6,9-10,12,16H,2,5,7-8H2,1,3-4H3/t12-/m1/s1. The third kappa shape index (κ3) is 3.89. The molecule has 0 radical (unpaired) electrons. The molecule has 0 saturated heterocycles. The molecule has 4 heteroatoms. The summed E-state index contributed by atoms with van der Waals surface area (Å²) in [7, 11) is 3.12. The third-order valence-electron chi connectivity index (χ3n) is 2.79. The van der Waals surface area contributed by atoms with Crippen molar-refractivity contribution in [3.05, 3.63) is 30.4 Å². The molecule has 0 saturated carbocycles. The van der Waals surface area contributed by atoms with Crippen LogP contribution in [-0.2, 0) is 0 Å². The number of benzene rings is 1. The van der Waals surface area contributed by atoms with E-state index in [9.17, 15) is 5.11 Å². The molecule has 0 fully saturated rings. The lowest BCUT2D eigenvalue weighted by Crippen LogP contribution is -2.03. The van der Waals surface area contributed by atoms with Gasteiger partial charge in [-0.05, 0) is 24.1 Å². The van der Waals surface area contributed by atoms with E-state index in [1.165, 1.54) is 6.08 Å². The molecule has 1 aromatic carbocycles. The van der Waals surface area contributed by atoms with Crippen LogP contribution in [0.2, 0.25) is 0 Å². The van der Waals surface area contributed by atoms with Gasteiger partial charge in [-0.1, -0.05) is 19.4 Å². The number of hydrogen-bond donors (Lipinski definition) is 1. The summed E-state index contributed by atoms with van der Waals surface area (Å²) in [6, 6.07) is 3.46. The second-order valence-corrected chi connectivity index (χ2v) is 4.14. The van der Waals surface area contributed by atoms with E-state index >= 15 is 0 Å². The molecule has 19 heavy (non-hydrogen) atoms. The van der Waals surface area contributed by atoms with E-state index in [1.807, 2.05) is 0 Å². The second kappa shape index (κ2) is 7.69. The van der Waals surface area contributed by atoms with Gasteiger partial charge in [0.2, 0.25) is 5.75 Å². The predicted molar refractivity (Wildman–Crippen MR) is 75.1 cm³/mol. The highest BCUT2D eigenvalue weighted by molar-refractivity contribution is 5.54. The van der Waals surface area contributed by atoms with Crippen molar-refractivity contribution < 1.29 is 19.3 Å². The van der Waals surface area contributed by atoms with Crippen LogP contribution in [0, 0.1) is 0 Å². The first-order valence-corrected chi connectivity index (χ1v) is 6.37. The van der Waals surface area contributed by atoms with Gasteiger partial charge in [0.15, 0.2) is 11.5 Å². The fraction of sp³-hybridized carbons (Fsp3) is 0.467. The first kappa shape index (κ1) is 15.4. The second-order valence-electron chi connectivity index (χ2n) is 4.14. The maximum absolute atomic E-state index is 9.80. The van der Waals surface area contributed by atoms with Crippen LogP contribution in [0.15, 0.2) is 24.8 Å². The number of aliphatic hydroxyl groups is 1. The molecule has 1 N–H and O–H groups in total. The van der Waals surface area contributed by atoms with E-state index in [2.05, 4.69) is 13.5 Å². The summed E-state index contributed by atoms with van der Waals surface area (Å²) in [6.07, 6.45) is 2.71. The Bertz CT molecular complexity index is 390. The Hall–Kier alpha value is -1.68. The van der Waals surface area contributed by atoms with Crippen LogP contribution >= 0.6 is 0 Å². The van der Waals surface area contributed by atoms with Crippen LogP contribution in [-0.4, -0.2) is 25.9 Å². The van der Waals surface area contributed by atoms with Crippen molar-refractivity contribution >= 4 is 0 Å². The fourth-order valence-corrected chi connectivity index (χ4v) is 1.67. The lowest BCUT2D eigenvalue weighted by atomic mass is 10.1. The molecular formula is C15H22O4. The van der Waals surface area contributed by atoms with Gasteiger partial charge in [0.05, 0.1) is 26.9 Å². The molecule has 0 aliphatic rings. The monoisotopic (exact) mass is 266 g/mol. The van der Waals surface area contributed by atoms with Gasteiger partial charge in [-0.25, -0.2) is 0 Å². The Morgan fingerprint density at radius 2 is 1.84 bits per heavy atom. The van der Waals surface area contributed by atoms with Crippen LogP contribution in [0.25, 0.3) is 0 Å². The number of rotatable bonds is 8. The Morgan fingerprint density at radius 1 is 1.26 bits per heavy atom. The van der Waals surface area contributed by atoms with Crippen molar-refractivity contribution in [2.24, 2.45) is 0 Å². The largest absolute Gasteiger partial charge is 0.493 e. The maximum atomic E-state index is 9.80. The summed E-state index contributed by atoms with van der Waals surface area (Å²) in [5.74, 6) is 1.66. The average Bonchev–Trinajstić information content (AvgIpc) is 2.46. The van der Waals surface area contributed by atoms with Gasteiger partial charge in [-0.3, -0.25) is 0 Å². The van der Waals surface area contributed by atoms with Gasteiger partial charge in [0.25, 0.3) is 0 Å². The summed E-state index contributed by atoms with van der Waals surface area (Å²) in [6.45, 7) is 6.27. The molecule has 0 unspecified atom stereocenters. The molecule has 0 bridgehead atoms. The highest BCUT2D eigenvalue weighted by atomic mass is 16.5. The van der Waals surface area contributed by atoms with Gasteiger partial charge in [-0.15, -0.1) is 6.58 Å². The van der Waals surface area contributed by atoms with E-state index in [0.29, 0.717) is 29.4 Å². The molecule has 0 heterocycles. The van der Waals surface area contributed by atoms with Gasteiger partial charge in [0.1, 0.15) is 0 Å². The van der Waals surface area contributed by atoms with Crippen molar-refractivity contribution in [3.63, 3.8) is 0 Å². The normalized spacial score (nSPS) is 11.8. The van der Waals surface area contributed by atoms with Gasteiger partial charge < -0.3 is 19.3 Å². The lowest BCUT2D eigenvalue weighted by Gasteiger charge is -2.17. The topological polar surface area (TPSA) is 47.9 Å². The number of hydrogen-bond acceptors (Lipinski definition) is 4. The number of aliphatic hydroxyl groups excluding tert-OH is 1. The highest BCUT2D eigenvalue weighted by Crippen LogP contribution is 2.40. The minimum Gasteiger partial charge on any atom is -0.493 e. The molecule has 0 aromatic heterocycles. The van der Waals surface area contributed by atoms with E-state index in [-0.39, 0.29) is 0 Å². The summed E-state index contributed by atoms with van der Waals surface area (Å²) in [5.41, 5.74) is 0.659. The lowest BCUT2D eigenvalue weighted by molar-refractivity contribution is 0.226. The predicted octanol–water partition coefficient (Wildman–Crippen LogP) is 3.10. The molecule has 106 valence electrons. The Morgan fingerprint density at radius 3 is 2.26 bits per heavy atom. The summed E-state index contributed by atoms with van der Waals surface area (Å²) in [4.78, 5) is 0. The molecule has 0 amide bonds. The minimum atomic E-state index is -0.757. The van der Waals surface area contributed by atoms with Gasteiger partial charge in [0, 0.05) is 0 Å². The van der Waals surface area contributed by atoms with Crippen molar-refractivity contribution in [1.82, 2.24) is 0 Å². The quantitative estimate of drug-likeness (QED) is 0.580. The van der Waals surface area contributed by atoms with Crippen LogP contribution in [0.3, 0.4) is 0 Å². The molecule has 0 aliphatic heterocycles. The van der Waals surface area contributed by atoms with E-state index in [0.717, 1.165) is 12.8 Å². The molecule has 4 nitrogen and oxygen atoms in total. The highest BCUT2D eigenvalue weighted by Gasteiger charge is 2.16. The number of ether oxygens (including phenoxy) is 3. The van der Waals surface area contributed by atoms with E-state index in [4.69, 9.17) is 14.2 Å². The first-order valence-electron chi connectivity index (χ1n) is 6.37. The number of methoxy groups -OCH3 is 2. The molecule has 1 aromatic rings. The molecule has 1 rings (SSSR count). The maximum Gasteiger partial charge on any atom is 0.203 e. The Kier molecular flexibility index (Phi) is 6.22. The zero-order valence-electron chi connectivity index (χ0n) is 11.8. The van der Waals surface area contributed by atoms with Gasteiger partial charge in [-0.2, -0.15) is 0 Å². The SMILES string of the molecule is C=C[C@@H](O)c1cc(OC)c(OCCCC)c(OC)c1. The summed E-state index contributed by atoms with van der Waals surface area (Å²) < 4.78 is 16.3. The average molecular weight is 266 g/mol. The summed E-state index contributed by atoms with van der Waals surface area (Å²) >= 11 is 0. The Balaban J connectivity index is 3.10. The fourth-order valence-electron chi connectivity index (χ4n) is 1.67. The van der Waals surface area contributed by atoms with Crippen molar-refractivity contribution in [2.45, 2.75) is 25.9 Å². The minimum absolute atomic E-state index is 0.548. The van der Waals surface area contributed by atoms with Crippen LogP contribution in [0.1, 0.15) is 31.4 Å². The van der Waals surface area contributed by atoms with Gasteiger partial charge >= 0.3 is 0 Å². The summed E-state index contributed by atoms with van der Waals surface area (Å²) in [5, 5.41) is 9.80. The Labute approximate surface area is 114 Å². The third-order valence-corrected chi connectivity index (χ3v) is 2.79.